The third kappa shape index (κ3) is 4.74. The Hall–Kier alpha value is -1.25. The lowest BCUT2D eigenvalue weighted by Gasteiger charge is -2.47. The van der Waals surface area contributed by atoms with Gasteiger partial charge >= 0.3 is 0 Å². The first kappa shape index (κ1) is 27.9. The van der Waals surface area contributed by atoms with Crippen molar-refractivity contribution in [2.45, 2.75) is 114 Å². The highest BCUT2D eigenvalue weighted by atomic mass is 32.2. The van der Waals surface area contributed by atoms with Crippen molar-refractivity contribution in [3.63, 3.8) is 0 Å². The highest BCUT2D eigenvalue weighted by Crippen LogP contribution is 2.68. The smallest absolute Gasteiger partial charge is 0.0555 e. The molecule has 210 valence electrons. The van der Waals surface area contributed by atoms with Gasteiger partial charge in [0, 0.05) is 5.25 Å². The van der Waals surface area contributed by atoms with Crippen LogP contribution in [-0.4, -0.2) is 13.3 Å². The molecule has 1 aliphatic heterocycles. The Bertz CT molecular complexity index is 1200. The molecule has 0 N–H and O–H groups in total. The average molecular weight is 557 g/mol. The van der Waals surface area contributed by atoms with Gasteiger partial charge in [0.15, 0.2) is 0 Å². The van der Waals surface area contributed by atoms with Crippen molar-refractivity contribution < 1.29 is 0 Å². The van der Waals surface area contributed by atoms with E-state index in [-0.39, 0.29) is 5.41 Å². The van der Waals surface area contributed by atoms with E-state index in [9.17, 15) is 0 Å². The van der Waals surface area contributed by atoms with Gasteiger partial charge in [0.25, 0.3) is 0 Å². The summed E-state index contributed by atoms with van der Waals surface area (Å²) in [4.78, 5) is 1.62. The number of allylic oxidation sites excluding steroid dienone is 2. The summed E-state index contributed by atoms with van der Waals surface area (Å²) in [5, 5.41) is 0.812. The van der Waals surface area contributed by atoms with E-state index in [1.165, 1.54) is 43.2 Å². The summed E-state index contributed by atoms with van der Waals surface area (Å²) in [6.45, 7) is 20.4. The molecular formula is C37H52SSi. The zero-order valence-electron chi connectivity index (χ0n) is 25.8. The van der Waals surface area contributed by atoms with Gasteiger partial charge in [-0.3, -0.25) is 0 Å². The van der Waals surface area contributed by atoms with Gasteiger partial charge in [0.05, 0.1) is 8.07 Å². The third-order valence-electron chi connectivity index (χ3n) is 11.9. The van der Waals surface area contributed by atoms with Crippen LogP contribution in [0.4, 0.5) is 0 Å². The lowest BCUT2D eigenvalue weighted by atomic mass is 9.70. The molecule has 3 aliphatic carbocycles. The summed E-state index contributed by atoms with van der Waals surface area (Å²) in [5.41, 5.74) is 8.44. The lowest BCUT2D eigenvalue weighted by molar-refractivity contribution is 0.235. The Labute approximate surface area is 244 Å². The first-order valence-corrected chi connectivity index (χ1v) is 20.0. The molecule has 0 nitrogen and oxygen atoms in total. The predicted molar refractivity (Wildman–Crippen MR) is 175 cm³/mol. The minimum Gasteiger partial charge on any atom is -0.127 e. The number of fused-ring (bicyclic) bond motifs is 2. The van der Waals surface area contributed by atoms with Gasteiger partial charge in [-0.1, -0.05) is 115 Å². The zero-order valence-corrected chi connectivity index (χ0v) is 27.7. The van der Waals surface area contributed by atoms with E-state index in [0.717, 1.165) is 51.8 Å². The Morgan fingerprint density at radius 1 is 0.769 bits per heavy atom. The Morgan fingerprint density at radius 3 is 2.10 bits per heavy atom. The van der Waals surface area contributed by atoms with Crippen LogP contribution in [0.25, 0.3) is 5.57 Å². The quantitative estimate of drug-likeness (QED) is 0.337. The molecule has 1 heterocycles. The highest BCUT2D eigenvalue weighted by molar-refractivity contribution is 8.04. The van der Waals surface area contributed by atoms with Crippen LogP contribution >= 0.6 is 11.8 Å². The minimum absolute atomic E-state index is 0.234. The van der Waals surface area contributed by atoms with E-state index in [1.807, 2.05) is 0 Å². The molecule has 9 atom stereocenters. The van der Waals surface area contributed by atoms with E-state index in [1.54, 1.807) is 16.0 Å². The van der Waals surface area contributed by atoms with Gasteiger partial charge in [-0.25, -0.2) is 0 Å². The fourth-order valence-corrected chi connectivity index (χ4v) is 19.8. The van der Waals surface area contributed by atoms with Crippen LogP contribution in [0.5, 0.6) is 0 Å². The molecule has 2 aromatic rings. The van der Waals surface area contributed by atoms with Crippen LogP contribution < -0.4 is 0 Å². The molecule has 2 heteroatoms. The molecule has 2 aromatic carbocycles. The molecule has 6 rings (SSSR count). The lowest BCUT2D eigenvalue weighted by Crippen LogP contribution is -2.47. The first-order valence-electron chi connectivity index (χ1n) is 16.0. The number of thioether (sulfide) groups is 1. The summed E-state index contributed by atoms with van der Waals surface area (Å²) < 4.78 is 0. The maximum Gasteiger partial charge on any atom is 0.0555 e. The number of benzene rings is 2. The predicted octanol–water partition coefficient (Wildman–Crippen LogP) is 11.2. The molecule has 3 saturated carbocycles. The molecule has 0 amide bonds. The standard InChI is InChI=1S/C37H52SSi/c1-23-21-31-29(26-17-19-28(20-18-26)37(4,5)6)15-12-16-30(31)35(23)39(7,8)36-24(2)22-32-33(25(3)38-34(32)36)27-13-10-9-11-14-27/h9-11,13-14,17-20,23-24,29-32,34-36H,12,15-16,21-22H2,1-8H3. The van der Waals surface area contributed by atoms with Crippen LogP contribution in [0.2, 0.25) is 24.2 Å². The second kappa shape index (κ2) is 10.2. The van der Waals surface area contributed by atoms with Gasteiger partial charge in [0.2, 0.25) is 0 Å². The van der Waals surface area contributed by atoms with E-state index in [4.69, 9.17) is 0 Å². The molecule has 0 aromatic heterocycles. The van der Waals surface area contributed by atoms with Crippen molar-refractivity contribution in [1.82, 2.24) is 0 Å². The number of hydrogen-bond donors (Lipinski definition) is 0. The largest absolute Gasteiger partial charge is 0.127 e. The van der Waals surface area contributed by atoms with Crippen molar-refractivity contribution >= 4 is 25.4 Å². The van der Waals surface area contributed by atoms with E-state index >= 15 is 0 Å². The van der Waals surface area contributed by atoms with Gasteiger partial charge in [0.1, 0.15) is 0 Å². The molecule has 0 radical (unpaired) electrons. The summed E-state index contributed by atoms with van der Waals surface area (Å²) in [5.74, 6) is 5.13. The van der Waals surface area contributed by atoms with Crippen molar-refractivity contribution in [1.29, 1.82) is 0 Å². The monoisotopic (exact) mass is 556 g/mol. The highest BCUT2D eigenvalue weighted by Gasteiger charge is 2.60. The molecular weight excluding hydrogens is 505 g/mol. The Balaban J connectivity index is 1.26. The fraction of sp³-hybridized carbons (Fsp3) is 0.622. The average Bonchev–Trinajstić information content (AvgIpc) is 3.50. The molecule has 4 aliphatic rings. The van der Waals surface area contributed by atoms with E-state index < -0.39 is 8.07 Å². The number of rotatable bonds is 4. The van der Waals surface area contributed by atoms with Crippen LogP contribution in [0.3, 0.4) is 0 Å². The van der Waals surface area contributed by atoms with Crippen molar-refractivity contribution in [2.24, 2.45) is 29.6 Å². The summed E-state index contributed by atoms with van der Waals surface area (Å²) in [6, 6.07) is 21.2. The Morgan fingerprint density at radius 2 is 1.44 bits per heavy atom. The van der Waals surface area contributed by atoms with Gasteiger partial charge in [-0.15, -0.1) is 11.8 Å². The molecule has 0 saturated heterocycles. The molecule has 39 heavy (non-hydrogen) atoms. The van der Waals surface area contributed by atoms with Gasteiger partial charge in [-0.05, 0) is 105 Å². The van der Waals surface area contributed by atoms with Crippen LogP contribution in [0, 0.1) is 29.6 Å². The molecule has 3 fully saturated rings. The molecule has 0 spiro atoms. The van der Waals surface area contributed by atoms with E-state index in [0.29, 0.717) is 0 Å². The Kier molecular flexibility index (Phi) is 7.32. The van der Waals surface area contributed by atoms with Crippen molar-refractivity contribution in [2.75, 3.05) is 0 Å². The van der Waals surface area contributed by atoms with Crippen molar-refractivity contribution in [3.8, 4) is 0 Å². The van der Waals surface area contributed by atoms with Gasteiger partial charge < -0.3 is 0 Å². The first-order chi connectivity index (χ1) is 18.5. The van der Waals surface area contributed by atoms with Crippen molar-refractivity contribution in [3.05, 3.63) is 76.2 Å². The van der Waals surface area contributed by atoms with Crippen LogP contribution in [0.1, 0.15) is 96.3 Å². The summed E-state index contributed by atoms with van der Waals surface area (Å²) >= 11 is 2.28. The third-order valence-corrected chi connectivity index (χ3v) is 19.0. The maximum atomic E-state index is 2.85. The topological polar surface area (TPSA) is 0 Å². The second-order valence-corrected chi connectivity index (χ2v) is 21.9. The van der Waals surface area contributed by atoms with Gasteiger partial charge in [-0.2, -0.15) is 0 Å². The van der Waals surface area contributed by atoms with E-state index in [2.05, 4.69) is 121 Å². The van der Waals surface area contributed by atoms with Crippen LogP contribution in [-0.2, 0) is 5.41 Å². The summed E-state index contributed by atoms with van der Waals surface area (Å²) in [7, 11) is -1.53. The van der Waals surface area contributed by atoms with Crippen LogP contribution in [0.15, 0.2) is 59.5 Å². The minimum atomic E-state index is -1.53. The normalized spacial score (nSPS) is 36.8. The number of hydrogen-bond acceptors (Lipinski definition) is 1. The molecule has 0 bridgehead atoms. The maximum absolute atomic E-state index is 2.85. The SMILES string of the molecule is CC1=C(c2ccccc2)C2CC(C)C([Si](C)(C)C3C(C)CC4C(c5ccc(C(C)(C)C)cc5)CCCC43)C2S1. The zero-order chi connectivity index (χ0) is 27.7. The summed E-state index contributed by atoms with van der Waals surface area (Å²) in [6.07, 6.45) is 7.19. The molecule has 9 unspecified atom stereocenters. The fourth-order valence-electron chi connectivity index (χ4n) is 10.6. The second-order valence-electron chi connectivity index (χ2n) is 15.6.